The molecule has 1 atom stereocenters. The van der Waals surface area contributed by atoms with Gasteiger partial charge in [0.1, 0.15) is 0 Å². The van der Waals surface area contributed by atoms with Crippen molar-refractivity contribution in [2.75, 3.05) is 26.4 Å². The molecule has 1 fully saturated rings. The fraction of sp³-hybridized carbons (Fsp3) is 0.647. The quantitative estimate of drug-likeness (QED) is 0.866. The summed E-state index contributed by atoms with van der Waals surface area (Å²) in [6, 6.07) is 8.85. The van der Waals surface area contributed by atoms with Crippen LogP contribution in [0.25, 0.3) is 0 Å². The van der Waals surface area contributed by atoms with Crippen LogP contribution >= 0.6 is 0 Å². The second-order valence-corrected chi connectivity index (χ2v) is 5.46. The number of aryl methyl sites for hydroxylation is 1. The third-order valence-corrected chi connectivity index (χ3v) is 4.20. The number of hydrogen-bond acceptors (Lipinski definition) is 3. The largest absolute Gasteiger partial charge is 0.381 e. The van der Waals surface area contributed by atoms with E-state index in [0.717, 1.165) is 39.2 Å². The van der Waals surface area contributed by atoms with E-state index in [1.807, 2.05) is 0 Å². The summed E-state index contributed by atoms with van der Waals surface area (Å²) in [6.07, 6.45) is 1.90. The first kappa shape index (κ1) is 15.5. The van der Waals surface area contributed by atoms with E-state index in [2.05, 4.69) is 50.4 Å². The molecule has 0 aromatic heterocycles. The first-order chi connectivity index (χ1) is 9.73. The highest BCUT2D eigenvalue weighted by molar-refractivity contribution is 5.31. The maximum atomic E-state index is 6.25. The zero-order chi connectivity index (χ0) is 14.4. The number of hydrogen-bond donors (Lipinski definition) is 1. The molecule has 112 valence electrons. The average Bonchev–Trinajstić information content (AvgIpc) is 2.47. The molecule has 0 saturated carbocycles. The number of likely N-dealkylation sites (N-methyl/N-ethyl adjacent to an activating group) is 1. The van der Waals surface area contributed by atoms with Crippen LogP contribution in [-0.4, -0.2) is 32.0 Å². The molecule has 1 unspecified atom stereocenters. The van der Waals surface area contributed by atoms with E-state index in [-0.39, 0.29) is 11.6 Å². The minimum atomic E-state index is -0.144. The summed E-state index contributed by atoms with van der Waals surface area (Å²) in [7, 11) is 0. The van der Waals surface area contributed by atoms with E-state index in [1.54, 1.807) is 0 Å². The van der Waals surface area contributed by atoms with Crippen LogP contribution in [0.5, 0.6) is 0 Å². The van der Waals surface area contributed by atoms with Gasteiger partial charge in [-0.25, -0.2) is 0 Å². The molecule has 1 aromatic carbocycles. The monoisotopic (exact) mass is 277 g/mol. The van der Waals surface area contributed by atoms with Crippen LogP contribution in [0, 0.1) is 6.92 Å². The molecule has 3 heteroatoms. The van der Waals surface area contributed by atoms with Crippen molar-refractivity contribution in [2.24, 2.45) is 0 Å². The molecule has 0 spiro atoms. The zero-order valence-electron chi connectivity index (χ0n) is 12.9. The Labute approximate surface area is 122 Å². The van der Waals surface area contributed by atoms with Crippen molar-refractivity contribution in [1.29, 1.82) is 0 Å². The van der Waals surface area contributed by atoms with E-state index < -0.39 is 0 Å². The molecule has 1 aromatic rings. The van der Waals surface area contributed by atoms with Gasteiger partial charge in [0.15, 0.2) is 0 Å². The predicted octanol–water partition coefficient (Wildman–Crippen LogP) is 3.23. The van der Waals surface area contributed by atoms with Crippen molar-refractivity contribution < 1.29 is 9.47 Å². The Morgan fingerprint density at radius 2 is 1.95 bits per heavy atom. The van der Waals surface area contributed by atoms with Crippen LogP contribution in [0.3, 0.4) is 0 Å². The Balaban J connectivity index is 2.36. The molecule has 1 aliphatic rings. The second kappa shape index (κ2) is 7.21. The Morgan fingerprint density at radius 1 is 1.25 bits per heavy atom. The van der Waals surface area contributed by atoms with E-state index in [0.29, 0.717) is 0 Å². The molecular formula is C17H27NO2. The topological polar surface area (TPSA) is 30.5 Å². The lowest BCUT2D eigenvalue weighted by Gasteiger charge is -2.44. The molecule has 3 nitrogen and oxygen atoms in total. The Kier molecular flexibility index (Phi) is 5.58. The van der Waals surface area contributed by atoms with Crippen molar-refractivity contribution in [3.63, 3.8) is 0 Å². The van der Waals surface area contributed by atoms with E-state index >= 15 is 0 Å². The summed E-state index contributed by atoms with van der Waals surface area (Å²) < 4.78 is 11.8. The van der Waals surface area contributed by atoms with Crippen molar-refractivity contribution in [3.05, 3.63) is 35.4 Å². The molecule has 0 amide bonds. The van der Waals surface area contributed by atoms with Crippen LogP contribution in [-0.2, 0) is 9.47 Å². The molecule has 1 saturated heterocycles. The molecule has 0 radical (unpaired) electrons. The Morgan fingerprint density at radius 3 is 2.55 bits per heavy atom. The van der Waals surface area contributed by atoms with Gasteiger partial charge in [-0.2, -0.15) is 0 Å². The average molecular weight is 277 g/mol. The Hall–Kier alpha value is -0.900. The summed E-state index contributed by atoms with van der Waals surface area (Å²) in [4.78, 5) is 0. The molecule has 20 heavy (non-hydrogen) atoms. The lowest BCUT2D eigenvalue weighted by molar-refractivity contribution is -0.127. The third-order valence-electron chi connectivity index (χ3n) is 4.20. The molecule has 1 aliphatic heterocycles. The minimum absolute atomic E-state index is 0.144. The number of nitrogens with one attached hydrogen (secondary N) is 1. The SMILES string of the molecule is CCNC(c1ccccc1C)C1(OCC)CCOCC1. The first-order valence-corrected chi connectivity index (χ1v) is 7.74. The highest BCUT2D eigenvalue weighted by Gasteiger charge is 2.42. The van der Waals surface area contributed by atoms with Gasteiger partial charge in [0.25, 0.3) is 0 Å². The van der Waals surface area contributed by atoms with E-state index in [9.17, 15) is 0 Å². The maximum absolute atomic E-state index is 6.25. The first-order valence-electron chi connectivity index (χ1n) is 7.74. The van der Waals surface area contributed by atoms with Crippen LogP contribution < -0.4 is 5.32 Å². The van der Waals surface area contributed by atoms with E-state index in [1.165, 1.54) is 11.1 Å². The lowest BCUT2D eigenvalue weighted by atomic mass is 9.80. The fourth-order valence-corrected chi connectivity index (χ4v) is 3.21. The lowest BCUT2D eigenvalue weighted by Crippen LogP contribution is -2.50. The van der Waals surface area contributed by atoms with E-state index in [4.69, 9.17) is 9.47 Å². The van der Waals surface area contributed by atoms with Gasteiger partial charge in [-0.05, 0) is 31.5 Å². The van der Waals surface area contributed by atoms with Crippen molar-refractivity contribution in [1.82, 2.24) is 5.32 Å². The number of ether oxygens (including phenoxy) is 2. The van der Waals surface area contributed by atoms with Gasteiger partial charge in [-0.1, -0.05) is 31.2 Å². The summed E-state index contributed by atoms with van der Waals surface area (Å²) in [5.41, 5.74) is 2.53. The smallest absolute Gasteiger partial charge is 0.0919 e. The number of rotatable bonds is 6. The van der Waals surface area contributed by atoms with Gasteiger partial charge in [0.05, 0.1) is 11.6 Å². The molecule has 0 bridgehead atoms. The minimum Gasteiger partial charge on any atom is -0.381 e. The maximum Gasteiger partial charge on any atom is 0.0919 e. The second-order valence-electron chi connectivity index (χ2n) is 5.46. The normalized spacial score (nSPS) is 19.8. The van der Waals surface area contributed by atoms with Crippen LogP contribution in [0.4, 0.5) is 0 Å². The van der Waals surface area contributed by atoms with Gasteiger partial charge in [-0.3, -0.25) is 0 Å². The van der Waals surface area contributed by atoms with Crippen molar-refractivity contribution in [3.8, 4) is 0 Å². The third kappa shape index (κ3) is 3.22. The van der Waals surface area contributed by atoms with Gasteiger partial charge in [0.2, 0.25) is 0 Å². The standard InChI is InChI=1S/C17H27NO2/c1-4-18-16(15-9-7-6-8-14(15)3)17(20-5-2)10-12-19-13-11-17/h6-9,16,18H,4-5,10-13H2,1-3H3. The van der Waals surface area contributed by atoms with Gasteiger partial charge >= 0.3 is 0 Å². The highest BCUT2D eigenvalue weighted by atomic mass is 16.5. The van der Waals surface area contributed by atoms with Crippen LogP contribution in [0.2, 0.25) is 0 Å². The molecule has 2 rings (SSSR count). The summed E-state index contributed by atoms with van der Waals surface area (Å²) in [6.45, 7) is 9.67. The molecule has 0 aliphatic carbocycles. The van der Waals surface area contributed by atoms with Crippen LogP contribution in [0.15, 0.2) is 24.3 Å². The van der Waals surface area contributed by atoms with Crippen LogP contribution in [0.1, 0.15) is 43.9 Å². The molecule has 1 N–H and O–H groups in total. The fourth-order valence-electron chi connectivity index (χ4n) is 3.21. The molecular weight excluding hydrogens is 250 g/mol. The predicted molar refractivity (Wildman–Crippen MR) is 82.0 cm³/mol. The summed E-state index contributed by atoms with van der Waals surface area (Å²) in [5, 5.41) is 3.65. The Bertz CT molecular complexity index is 408. The van der Waals surface area contributed by atoms with Gasteiger partial charge in [-0.15, -0.1) is 0 Å². The highest BCUT2D eigenvalue weighted by Crippen LogP contribution is 2.38. The van der Waals surface area contributed by atoms with Crippen molar-refractivity contribution in [2.45, 2.75) is 45.3 Å². The van der Waals surface area contributed by atoms with Gasteiger partial charge in [0, 0.05) is 32.7 Å². The van der Waals surface area contributed by atoms with Gasteiger partial charge < -0.3 is 14.8 Å². The number of benzene rings is 1. The summed E-state index contributed by atoms with van der Waals surface area (Å²) in [5.74, 6) is 0. The summed E-state index contributed by atoms with van der Waals surface area (Å²) >= 11 is 0. The molecule has 1 heterocycles. The van der Waals surface area contributed by atoms with Crippen molar-refractivity contribution >= 4 is 0 Å². The zero-order valence-corrected chi connectivity index (χ0v) is 12.9.